The minimum atomic E-state index is -4.35. The number of nitrogens with zero attached hydrogens (tertiary/aromatic N) is 2. The van der Waals surface area contributed by atoms with E-state index in [-0.39, 0.29) is 5.91 Å². The van der Waals surface area contributed by atoms with Crippen LogP contribution in [0.25, 0.3) is 0 Å². The summed E-state index contributed by atoms with van der Waals surface area (Å²) in [5, 5.41) is 0. The number of anilines is 1. The van der Waals surface area contributed by atoms with E-state index in [4.69, 9.17) is 0 Å². The zero-order valence-electron chi connectivity index (χ0n) is 14.5. The van der Waals surface area contributed by atoms with Crippen molar-refractivity contribution in [3.05, 3.63) is 59.3 Å². The maximum absolute atomic E-state index is 12.6. The molecule has 1 aromatic heterocycles. The second-order valence-corrected chi connectivity index (χ2v) is 6.29. The molecule has 0 bridgehead atoms. The molecule has 0 radical (unpaired) electrons. The normalized spacial score (nSPS) is 15.2. The number of benzene rings is 1. The Balaban J connectivity index is 1.60. The molecule has 7 heteroatoms. The van der Waals surface area contributed by atoms with E-state index in [0.29, 0.717) is 37.6 Å². The SMILES string of the molecule is CCc1ccc(C(=O)N2CCN(c3ccc(C(F)(F)F)c[nH+]3)CC2)cc1. The maximum Gasteiger partial charge on any atom is 0.419 e. The molecule has 1 N–H and O–H groups in total. The highest BCUT2D eigenvalue weighted by atomic mass is 19.4. The molecule has 138 valence electrons. The first-order chi connectivity index (χ1) is 12.4. The second-order valence-electron chi connectivity index (χ2n) is 6.29. The summed E-state index contributed by atoms with van der Waals surface area (Å²) in [5.74, 6) is 0.612. The molecule has 1 aromatic carbocycles. The fourth-order valence-corrected chi connectivity index (χ4v) is 3.01. The zero-order chi connectivity index (χ0) is 18.7. The molecule has 2 heterocycles. The van der Waals surface area contributed by atoms with Gasteiger partial charge in [0, 0.05) is 11.6 Å². The van der Waals surface area contributed by atoms with Crippen LogP contribution >= 0.6 is 0 Å². The molecule has 3 rings (SSSR count). The molecule has 0 atom stereocenters. The Morgan fingerprint density at radius 2 is 1.69 bits per heavy atom. The number of halogens is 3. The third-order valence-electron chi connectivity index (χ3n) is 4.64. The standard InChI is InChI=1S/C19H20F3N3O/c1-2-14-3-5-15(6-4-14)18(26)25-11-9-24(10-12-25)17-8-7-16(13-23-17)19(20,21)22/h3-8,13H,2,9-12H2,1H3/p+1. The number of aryl methyl sites for hydroxylation is 1. The molecule has 1 amide bonds. The smallest absolute Gasteiger partial charge is 0.331 e. The van der Waals surface area contributed by atoms with Gasteiger partial charge in [-0.25, -0.2) is 4.98 Å². The Kier molecular flexibility index (Phi) is 5.15. The van der Waals surface area contributed by atoms with Gasteiger partial charge in [-0.1, -0.05) is 19.1 Å². The zero-order valence-corrected chi connectivity index (χ0v) is 14.5. The lowest BCUT2D eigenvalue weighted by molar-refractivity contribution is -0.367. The van der Waals surface area contributed by atoms with Crippen LogP contribution in [0.5, 0.6) is 0 Å². The second kappa shape index (κ2) is 7.35. The Hall–Kier alpha value is -2.57. The molecule has 0 spiro atoms. The van der Waals surface area contributed by atoms with Gasteiger partial charge in [0.2, 0.25) is 0 Å². The van der Waals surface area contributed by atoms with Crippen LogP contribution in [0.4, 0.5) is 19.0 Å². The van der Waals surface area contributed by atoms with Gasteiger partial charge in [0.05, 0.1) is 18.7 Å². The van der Waals surface area contributed by atoms with Crippen molar-refractivity contribution >= 4 is 11.7 Å². The first kappa shape index (κ1) is 18.2. The summed E-state index contributed by atoms with van der Waals surface area (Å²) >= 11 is 0. The number of carbonyl (C=O) groups is 1. The van der Waals surface area contributed by atoms with E-state index in [1.807, 2.05) is 29.2 Å². The summed E-state index contributed by atoms with van der Waals surface area (Å²) in [6, 6.07) is 10.1. The summed E-state index contributed by atoms with van der Waals surface area (Å²) in [4.78, 5) is 19.0. The number of rotatable bonds is 3. The van der Waals surface area contributed by atoms with Gasteiger partial charge >= 0.3 is 6.18 Å². The largest absolute Gasteiger partial charge is 0.419 e. The summed E-state index contributed by atoms with van der Waals surface area (Å²) in [6.07, 6.45) is -2.45. The molecule has 1 aliphatic heterocycles. The number of aromatic amines is 1. The molecule has 26 heavy (non-hydrogen) atoms. The van der Waals surface area contributed by atoms with E-state index in [9.17, 15) is 18.0 Å². The fraction of sp³-hybridized carbons (Fsp3) is 0.368. The molecule has 1 fully saturated rings. The number of amides is 1. The van der Waals surface area contributed by atoms with E-state index in [1.165, 1.54) is 11.6 Å². The molecule has 1 saturated heterocycles. The van der Waals surface area contributed by atoms with Gasteiger partial charge < -0.3 is 4.90 Å². The van der Waals surface area contributed by atoms with Gasteiger partial charge in [0.25, 0.3) is 11.7 Å². The lowest BCUT2D eigenvalue weighted by Crippen LogP contribution is -2.50. The molecule has 4 nitrogen and oxygen atoms in total. The van der Waals surface area contributed by atoms with Gasteiger partial charge in [-0.05, 0) is 30.2 Å². The Morgan fingerprint density at radius 1 is 1.04 bits per heavy atom. The van der Waals surface area contributed by atoms with Crippen molar-refractivity contribution in [1.29, 1.82) is 0 Å². The molecule has 0 saturated carbocycles. The molecule has 1 aliphatic rings. The van der Waals surface area contributed by atoms with Crippen molar-refractivity contribution in [3.63, 3.8) is 0 Å². The van der Waals surface area contributed by atoms with Gasteiger partial charge in [-0.15, -0.1) is 0 Å². The van der Waals surface area contributed by atoms with Crippen molar-refractivity contribution in [1.82, 2.24) is 4.90 Å². The van der Waals surface area contributed by atoms with Gasteiger partial charge in [-0.2, -0.15) is 13.2 Å². The van der Waals surface area contributed by atoms with Crippen LogP contribution < -0.4 is 9.88 Å². The van der Waals surface area contributed by atoms with E-state index in [1.54, 1.807) is 4.90 Å². The highest BCUT2D eigenvalue weighted by Crippen LogP contribution is 2.28. The van der Waals surface area contributed by atoms with Crippen LogP contribution in [0.3, 0.4) is 0 Å². The van der Waals surface area contributed by atoms with Crippen LogP contribution in [0, 0.1) is 0 Å². The highest BCUT2D eigenvalue weighted by molar-refractivity contribution is 5.94. The summed E-state index contributed by atoms with van der Waals surface area (Å²) in [6.45, 7) is 4.27. The van der Waals surface area contributed by atoms with Crippen molar-refractivity contribution in [2.45, 2.75) is 19.5 Å². The quantitative estimate of drug-likeness (QED) is 0.840. The summed E-state index contributed by atoms with van der Waals surface area (Å²) < 4.78 is 37.9. The topological polar surface area (TPSA) is 37.7 Å². The van der Waals surface area contributed by atoms with E-state index >= 15 is 0 Å². The number of piperazine rings is 1. The number of carbonyl (C=O) groups excluding carboxylic acids is 1. The van der Waals surface area contributed by atoms with E-state index in [2.05, 4.69) is 11.9 Å². The average molecular weight is 364 g/mol. The predicted molar refractivity (Wildman–Crippen MR) is 91.9 cm³/mol. The number of pyridine rings is 1. The lowest BCUT2D eigenvalue weighted by atomic mass is 10.1. The highest BCUT2D eigenvalue weighted by Gasteiger charge is 2.33. The predicted octanol–water partition coefficient (Wildman–Crippen LogP) is 3.04. The summed E-state index contributed by atoms with van der Waals surface area (Å²) in [7, 11) is 0. The number of aromatic nitrogens is 1. The molecule has 0 aliphatic carbocycles. The number of alkyl halides is 3. The minimum absolute atomic E-state index is 0.0105. The number of nitrogens with one attached hydrogen (secondary N) is 1. The third kappa shape index (κ3) is 3.98. The first-order valence-electron chi connectivity index (χ1n) is 8.60. The molecular weight excluding hydrogens is 343 g/mol. The Bertz CT molecular complexity index is 749. The molecule has 2 aromatic rings. The Labute approximate surface area is 150 Å². The average Bonchev–Trinajstić information content (AvgIpc) is 2.67. The van der Waals surface area contributed by atoms with Gasteiger partial charge in [-0.3, -0.25) is 9.69 Å². The summed E-state index contributed by atoms with van der Waals surface area (Å²) in [5.41, 5.74) is 1.14. The fourth-order valence-electron chi connectivity index (χ4n) is 3.01. The van der Waals surface area contributed by atoms with Crippen LogP contribution in [0.1, 0.15) is 28.4 Å². The van der Waals surface area contributed by atoms with Crippen molar-refractivity contribution in [3.8, 4) is 0 Å². The van der Waals surface area contributed by atoms with Gasteiger partial charge in [0.1, 0.15) is 19.3 Å². The third-order valence-corrected chi connectivity index (χ3v) is 4.64. The Morgan fingerprint density at radius 3 is 2.19 bits per heavy atom. The maximum atomic E-state index is 12.6. The van der Waals surface area contributed by atoms with Crippen LogP contribution in [0.15, 0.2) is 42.6 Å². The van der Waals surface area contributed by atoms with Crippen LogP contribution in [0.2, 0.25) is 0 Å². The minimum Gasteiger partial charge on any atom is -0.331 e. The van der Waals surface area contributed by atoms with E-state index in [0.717, 1.165) is 18.7 Å². The number of hydrogen-bond donors (Lipinski definition) is 0. The van der Waals surface area contributed by atoms with Crippen molar-refractivity contribution < 1.29 is 22.9 Å². The van der Waals surface area contributed by atoms with Crippen LogP contribution in [-0.4, -0.2) is 37.0 Å². The first-order valence-corrected chi connectivity index (χ1v) is 8.60. The van der Waals surface area contributed by atoms with Crippen molar-refractivity contribution in [2.24, 2.45) is 0 Å². The van der Waals surface area contributed by atoms with Crippen molar-refractivity contribution in [2.75, 3.05) is 31.1 Å². The number of H-pyrrole nitrogens is 1. The monoisotopic (exact) mass is 364 g/mol. The molecule has 0 unspecified atom stereocenters. The lowest BCUT2D eigenvalue weighted by Gasteiger charge is -2.31. The molecular formula is C19H21F3N3O+. The van der Waals surface area contributed by atoms with Crippen LogP contribution in [-0.2, 0) is 12.6 Å². The van der Waals surface area contributed by atoms with E-state index < -0.39 is 11.7 Å². The van der Waals surface area contributed by atoms with Gasteiger partial charge in [0.15, 0.2) is 0 Å². The number of hydrogen-bond acceptors (Lipinski definition) is 2.